The van der Waals surface area contributed by atoms with Gasteiger partial charge in [-0.05, 0) is 13.0 Å². The topological polar surface area (TPSA) is 115 Å². The van der Waals surface area contributed by atoms with Crippen molar-refractivity contribution in [3.8, 4) is 0 Å². The highest BCUT2D eigenvalue weighted by Crippen LogP contribution is 1.60. The minimum atomic E-state index is -4.69. The minimum absolute atomic E-state index is 0.819. The van der Waals surface area contributed by atoms with Crippen LogP contribution in [0.25, 0.3) is 0 Å². The molecule has 0 heterocycles. The fourth-order valence-corrected chi connectivity index (χ4v) is 0. The van der Waals surface area contributed by atoms with Gasteiger partial charge in [0.2, 0.25) is 0 Å². The molecule has 6 heteroatoms. The summed E-state index contributed by atoms with van der Waals surface area (Å²) in [5.41, 5.74) is 5.03. The first-order valence-electron chi connectivity index (χ1n) is 2.25. The Morgan fingerprint density at radius 3 is 1.56 bits per heavy atom. The lowest BCUT2D eigenvalue weighted by molar-refractivity contribution is -1.92. The third-order valence-corrected chi connectivity index (χ3v) is 0.289. The average molecular weight is 160 g/mol. The Kier molecular flexibility index (Phi) is 8.17. The highest BCUT2D eigenvalue weighted by Gasteiger charge is 1.98. The van der Waals surface area contributed by atoms with Crippen molar-refractivity contribution in [2.24, 2.45) is 5.73 Å². The van der Waals surface area contributed by atoms with Crippen molar-refractivity contribution in [2.75, 3.05) is 6.54 Å². The smallest absolute Gasteiger partial charge is 0.0777 e. The Hall–Kier alpha value is 0.0900. The molecule has 0 aromatic heterocycles. The second-order valence-electron chi connectivity index (χ2n) is 1.18. The Morgan fingerprint density at radius 1 is 1.44 bits per heavy atom. The van der Waals surface area contributed by atoms with Gasteiger partial charge in [-0.3, -0.25) is 0 Å². The van der Waals surface area contributed by atoms with Crippen LogP contribution in [0.4, 0.5) is 0 Å². The van der Waals surface area contributed by atoms with Crippen LogP contribution in [0.1, 0.15) is 13.3 Å². The number of halogens is 1. The molecule has 0 aliphatic carbocycles. The van der Waals surface area contributed by atoms with Crippen LogP contribution < -0.4 is 19.7 Å². The van der Waals surface area contributed by atoms with E-state index in [4.69, 9.17) is 24.4 Å². The van der Waals surface area contributed by atoms with E-state index in [0.717, 1.165) is 13.0 Å². The molecule has 0 bridgehead atoms. The van der Waals surface area contributed by atoms with Crippen LogP contribution in [0.2, 0.25) is 0 Å². The van der Waals surface area contributed by atoms with E-state index in [1.165, 1.54) is 0 Å². The monoisotopic (exact) mass is 159 g/mol. The zero-order chi connectivity index (χ0) is 7.91. The second-order valence-corrected chi connectivity index (χ2v) is 1.98. The number of rotatable bonds is 1. The van der Waals surface area contributed by atoms with Crippen LogP contribution in [0.15, 0.2) is 0 Å². The first-order valence-corrected chi connectivity index (χ1v) is 3.51. The lowest BCUT2D eigenvalue weighted by atomic mass is 10.5. The maximum atomic E-state index is 8.60. The summed E-state index contributed by atoms with van der Waals surface area (Å²) in [5.74, 6) is 0. The van der Waals surface area contributed by atoms with Gasteiger partial charge in [-0.2, -0.15) is 14.0 Å². The van der Waals surface area contributed by atoms with Crippen molar-refractivity contribution in [1.29, 1.82) is 0 Å². The van der Waals surface area contributed by atoms with Crippen LogP contribution in [0, 0.1) is 10.2 Å². The predicted octanol–water partition coefficient (Wildman–Crippen LogP) is -3.77. The van der Waals surface area contributed by atoms with Gasteiger partial charge >= 0.3 is 0 Å². The van der Waals surface area contributed by atoms with Gasteiger partial charge in [0.05, 0.1) is 14.9 Å². The van der Waals surface area contributed by atoms with E-state index in [1.54, 1.807) is 0 Å². The van der Waals surface area contributed by atoms with Crippen molar-refractivity contribution >= 4 is 0 Å². The van der Waals surface area contributed by atoms with E-state index >= 15 is 0 Å². The van der Waals surface area contributed by atoms with Crippen molar-refractivity contribution in [3.63, 3.8) is 0 Å². The quantitative estimate of drug-likeness (QED) is 0.408. The van der Waals surface area contributed by atoms with Gasteiger partial charge in [-0.25, -0.2) is 0 Å². The summed E-state index contributed by atoms with van der Waals surface area (Å²) in [7, 11) is -4.69. The summed E-state index contributed by atoms with van der Waals surface area (Å²) in [6.07, 6.45) is 1.10. The molecule has 0 spiro atoms. The molecule has 0 saturated carbocycles. The van der Waals surface area contributed by atoms with Gasteiger partial charge in [0, 0.05) is 0 Å². The predicted molar refractivity (Wildman–Crippen MR) is 21.6 cm³/mol. The van der Waals surface area contributed by atoms with E-state index in [-0.39, 0.29) is 0 Å². The molecule has 0 amide bonds. The molecular weight excluding hydrogens is 149 g/mol. The summed E-state index contributed by atoms with van der Waals surface area (Å²) in [4.78, 5) is 0. The fourth-order valence-electron chi connectivity index (χ4n) is 0. The Bertz CT molecular complexity index is 46.3. The number of hydrogen-bond donors (Lipinski definition) is 2. The van der Waals surface area contributed by atoms with Gasteiger partial charge in [0.15, 0.2) is 0 Å². The molecule has 0 radical (unpaired) electrons. The van der Waals surface area contributed by atoms with Crippen molar-refractivity contribution in [3.05, 3.63) is 0 Å². The summed E-state index contributed by atoms with van der Waals surface area (Å²) in [6, 6.07) is 0. The molecule has 0 saturated heterocycles. The lowest BCUT2D eigenvalue weighted by Gasteiger charge is -2.03. The summed E-state index contributed by atoms with van der Waals surface area (Å²) >= 11 is 0. The van der Waals surface area contributed by atoms with E-state index in [2.05, 4.69) is 6.92 Å². The highest BCUT2D eigenvalue weighted by atomic mass is 35.7. The number of hydrogen-bond acceptors (Lipinski definition) is 5. The van der Waals surface area contributed by atoms with Crippen LogP contribution in [-0.2, 0) is 0 Å². The first-order chi connectivity index (χ1) is 3.91. The first kappa shape index (κ1) is 11.8. The minimum Gasteiger partial charge on any atom is -0.330 e. The highest BCUT2D eigenvalue weighted by molar-refractivity contribution is 4.19. The van der Waals surface area contributed by atoms with Crippen molar-refractivity contribution in [2.45, 2.75) is 13.3 Å². The molecule has 9 heavy (non-hydrogen) atoms. The third-order valence-electron chi connectivity index (χ3n) is 0.289. The average Bonchev–Trinajstić information content (AvgIpc) is 1.61. The molecule has 0 fully saturated rings. The zero-order valence-electron chi connectivity index (χ0n) is 5.04. The van der Waals surface area contributed by atoms with Crippen LogP contribution in [0.5, 0.6) is 0 Å². The van der Waals surface area contributed by atoms with Crippen molar-refractivity contribution in [1.82, 2.24) is 0 Å². The second kappa shape index (κ2) is 6.21. The molecule has 0 aromatic rings. The van der Waals surface area contributed by atoms with Gasteiger partial charge < -0.3 is 5.73 Å². The molecule has 0 aromatic carbocycles. The van der Waals surface area contributed by atoms with E-state index in [0.29, 0.717) is 0 Å². The Morgan fingerprint density at radius 2 is 1.56 bits per heavy atom. The SMILES string of the molecule is CCCN.[O-][Cl+3]([O-])([O-])O. The van der Waals surface area contributed by atoms with E-state index in [9.17, 15) is 0 Å². The summed E-state index contributed by atoms with van der Waals surface area (Å²) in [5, 5.41) is 0. The largest absolute Gasteiger partial charge is 0.330 e. The Labute approximate surface area is 55.5 Å². The molecule has 5 nitrogen and oxygen atoms in total. The van der Waals surface area contributed by atoms with E-state index in [1.807, 2.05) is 0 Å². The normalized spacial score (nSPS) is 10.0. The summed E-state index contributed by atoms with van der Waals surface area (Å²) in [6.45, 7) is 2.88. The maximum Gasteiger partial charge on any atom is 0.0777 e. The van der Waals surface area contributed by atoms with Gasteiger partial charge in [-0.15, -0.1) is 0 Å². The third kappa shape index (κ3) is 253. The molecule has 0 rings (SSSR count). The van der Waals surface area contributed by atoms with Gasteiger partial charge in [-0.1, -0.05) is 6.92 Å². The molecule has 0 unspecified atom stereocenters. The lowest BCUT2D eigenvalue weighted by Crippen LogP contribution is -2.58. The molecule has 58 valence electrons. The van der Waals surface area contributed by atoms with Crippen LogP contribution in [-0.4, -0.2) is 11.2 Å². The molecular formula is C3H10ClNO4. The summed E-state index contributed by atoms with van der Waals surface area (Å²) < 4.78 is 32.7. The molecule has 3 N–H and O–H groups in total. The molecule has 0 aliphatic heterocycles. The van der Waals surface area contributed by atoms with E-state index < -0.39 is 10.2 Å². The van der Waals surface area contributed by atoms with Crippen LogP contribution in [0.3, 0.4) is 0 Å². The van der Waals surface area contributed by atoms with Crippen molar-refractivity contribution < 1.29 is 28.9 Å². The maximum absolute atomic E-state index is 8.60. The van der Waals surface area contributed by atoms with Crippen LogP contribution >= 0.6 is 0 Å². The number of nitrogens with two attached hydrogens (primary N) is 1. The zero-order valence-corrected chi connectivity index (χ0v) is 5.80. The van der Waals surface area contributed by atoms with Gasteiger partial charge in [0.1, 0.15) is 0 Å². The van der Waals surface area contributed by atoms with Gasteiger partial charge in [0.25, 0.3) is 0 Å². The molecule has 0 aliphatic rings. The Balaban J connectivity index is 0. The standard InChI is InChI=1S/C3H9N.ClHO4/c1-2-3-4;2-1(3,4)5/h2-4H2,1H3;(H,2,3,4,5). The molecule has 0 atom stereocenters. The fraction of sp³-hybridized carbons (Fsp3) is 1.00.